The second kappa shape index (κ2) is 59.2. The van der Waals surface area contributed by atoms with Crippen LogP contribution < -0.4 is 42.0 Å². The molecule has 51 heteroatoms. The third-order valence-electron chi connectivity index (χ3n) is 21.2. The number of halogens is 5. The van der Waals surface area contributed by atoms with Gasteiger partial charge >= 0.3 is 29.2 Å². The lowest BCUT2D eigenvalue weighted by Gasteiger charge is -2.40. The van der Waals surface area contributed by atoms with E-state index in [4.69, 9.17) is 38.1 Å². The van der Waals surface area contributed by atoms with Crippen molar-refractivity contribution in [2.24, 2.45) is 11.8 Å². The highest BCUT2D eigenvalue weighted by Gasteiger charge is 2.47. The number of aliphatic hydroxyl groups is 9. The molecule has 7 amide bonds. The molecule has 1 aromatic heterocycles. The summed E-state index contributed by atoms with van der Waals surface area (Å²) in [6, 6.07) is 0. The monoisotopic (exact) mass is 1910 g/mol. The molecule has 0 bridgehead atoms. The van der Waals surface area contributed by atoms with Gasteiger partial charge in [-0.2, -0.15) is 13.7 Å². The number of hydrogen-bond donors (Lipinski definition) is 21. The highest BCUT2D eigenvalue weighted by atomic mass is 31.2. The van der Waals surface area contributed by atoms with Gasteiger partial charge in [0, 0.05) is 136 Å². The molecule has 0 spiro atoms. The molecule has 1 unspecified atom stereocenters. The van der Waals surface area contributed by atoms with Gasteiger partial charge in [-0.15, -0.1) is 5.10 Å². The van der Waals surface area contributed by atoms with Crippen LogP contribution in [0, 0.1) is 40.9 Å². The van der Waals surface area contributed by atoms with Crippen molar-refractivity contribution in [2.45, 2.75) is 259 Å². The van der Waals surface area contributed by atoms with Crippen LogP contribution in [0.2, 0.25) is 0 Å². The third kappa shape index (κ3) is 43.0. The second-order valence-electron chi connectivity index (χ2n) is 31.8. The first-order valence-corrected chi connectivity index (χ1v) is 47.8. The Kier molecular flexibility index (Phi) is 51.8. The third-order valence-corrected chi connectivity index (χ3v) is 23.5. The van der Waals surface area contributed by atoms with Crippen LogP contribution >= 0.6 is 23.2 Å². The number of amides is 7. The summed E-state index contributed by atoms with van der Waals surface area (Å²) in [4.78, 5) is 150. The number of esters is 1. The Hall–Kier alpha value is -6.51. The van der Waals surface area contributed by atoms with Gasteiger partial charge in [-0.05, 0) is 113 Å². The van der Waals surface area contributed by atoms with Crippen LogP contribution in [0.25, 0.3) is 0 Å². The van der Waals surface area contributed by atoms with Gasteiger partial charge < -0.3 is 141 Å². The van der Waals surface area contributed by atoms with Crippen molar-refractivity contribution in [1.82, 2.24) is 52.2 Å². The Morgan fingerprint density at radius 3 is 1.26 bits per heavy atom. The molecule has 5 rings (SSSR count). The Bertz CT molecular complexity index is 3710. The number of aromatic nitrogens is 3. The smallest absolute Gasteiger partial charge is 0.420 e. The topological polar surface area (TPSA) is 660 Å². The quantitative estimate of drug-likeness (QED) is 0.00688. The van der Waals surface area contributed by atoms with Gasteiger partial charge in [0.05, 0.1) is 88.2 Å². The van der Waals surface area contributed by atoms with Gasteiger partial charge in [-0.3, -0.25) is 52.2 Å². The molecule has 2 heterocycles. The van der Waals surface area contributed by atoms with Crippen molar-refractivity contribution >= 4 is 70.5 Å². The number of unbranched alkanes of at least 4 members (excludes halogenated alkanes) is 5. The number of benzene rings is 1. The molecule has 3 aliphatic rings. The largest absolute Gasteiger partial charge is 0.505 e. The Morgan fingerprint density at radius 2 is 0.844 bits per heavy atom. The normalized spacial score (nSPS) is 22.8. The molecule has 43 nitrogen and oxygen atoms in total. The van der Waals surface area contributed by atoms with Gasteiger partial charge in [0.15, 0.2) is 12.5 Å². The molecule has 2 aliphatic carbocycles. The average Bonchev–Trinajstić information content (AvgIpc) is 0.862. The molecule has 0 radical (unpaired) electrons. The predicted molar refractivity (Wildman–Crippen MR) is 436 cm³/mol. The summed E-state index contributed by atoms with van der Waals surface area (Å²) in [5.74, 6) is -19.0. The van der Waals surface area contributed by atoms with E-state index >= 15 is 0 Å². The lowest BCUT2D eigenvalue weighted by molar-refractivity contribution is -0.296. The van der Waals surface area contributed by atoms with E-state index in [0.717, 1.165) is 0 Å². The van der Waals surface area contributed by atoms with Crippen LogP contribution in [0.4, 0.5) is 22.0 Å². The maximum absolute atomic E-state index is 14.2. The molecule has 21 N–H and O–H groups in total. The van der Waals surface area contributed by atoms with E-state index in [2.05, 4.69) is 52.3 Å². The molecular weight excluding hydrogens is 1780 g/mol. The summed E-state index contributed by atoms with van der Waals surface area (Å²) in [6.45, 7) is -0.645. The van der Waals surface area contributed by atoms with Crippen LogP contribution in [-0.2, 0) is 98.2 Å². The molecule has 1 aliphatic heterocycles. The summed E-state index contributed by atoms with van der Waals surface area (Å²) in [7, 11) is -11.3. The lowest BCUT2D eigenvalue weighted by atomic mass is 9.79. The minimum absolute atomic E-state index is 0.00212. The van der Waals surface area contributed by atoms with E-state index in [1.165, 1.54) is 10.9 Å². The van der Waals surface area contributed by atoms with Gasteiger partial charge in [0.2, 0.25) is 76.2 Å². The van der Waals surface area contributed by atoms with E-state index in [1.807, 2.05) is 0 Å². The zero-order valence-corrected chi connectivity index (χ0v) is 73.8. The van der Waals surface area contributed by atoms with Crippen LogP contribution in [0.3, 0.4) is 0 Å². The fourth-order valence-electron chi connectivity index (χ4n) is 13.9. The number of carbonyl (C=O) groups is 8. The minimum atomic E-state index is -4.39. The number of rotatable bonds is 65. The summed E-state index contributed by atoms with van der Waals surface area (Å²) in [5.41, 5.74) is -1.28. The fourth-order valence-corrected chi connectivity index (χ4v) is 15.7. The molecule has 16 atom stereocenters. The second-order valence-corrected chi connectivity index (χ2v) is 36.5. The van der Waals surface area contributed by atoms with E-state index in [9.17, 15) is 140 Å². The zero-order chi connectivity index (χ0) is 94.5. The Morgan fingerprint density at radius 1 is 0.453 bits per heavy atom. The van der Waals surface area contributed by atoms with E-state index < -0.39 is 223 Å². The summed E-state index contributed by atoms with van der Waals surface area (Å²) < 4.78 is 150. The van der Waals surface area contributed by atoms with Crippen molar-refractivity contribution in [3.63, 3.8) is 0 Å². The number of carbonyl (C=O) groups excluding carboxylic acids is 8. The molecule has 2 saturated carbocycles. The summed E-state index contributed by atoms with van der Waals surface area (Å²) >= 11 is 0. The SMILES string of the molecule is O=C(CCCCO[C@H]1O[C@H](CC[P+](=O)O)[C@@H](O)[C@H](O)[C@@H]1O)NCCCNC(=O)CCOCC(COCCC(=O)NCCCNC(=O)CCCCO[C@H]1C[C@H](CCP(=O)(O)O)[C@@H](O)[C@H](O)[C@@H]1O)(COCCC(=O)NCCCNC(=O)CCCCO[C@H]1C[C@H](CCP(=O)(O)O)[C@@H](O)[C@H](O)[C@@H]1O)NC(=O)CCc1cn(CCCCCC(=O)Oc2c(F)c(F)c(F)c(F)c2F)nn1. The Labute approximate surface area is 736 Å². The van der Waals surface area contributed by atoms with E-state index in [0.29, 0.717) is 76.3 Å². The number of aryl methyl sites for hydroxylation is 2. The molecule has 1 aromatic carbocycles. The van der Waals surface area contributed by atoms with Gasteiger partial charge in [0.25, 0.3) is 0 Å². The molecule has 732 valence electrons. The van der Waals surface area contributed by atoms with Crippen LogP contribution in [-0.4, -0.2) is 335 Å². The fraction of sp³-hybridized carbons (Fsp3) is 0.792. The van der Waals surface area contributed by atoms with Crippen molar-refractivity contribution in [2.75, 3.05) is 117 Å². The Balaban J connectivity index is 1.14. The highest BCUT2D eigenvalue weighted by molar-refractivity contribution is 7.52. The maximum atomic E-state index is 14.2. The summed E-state index contributed by atoms with van der Waals surface area (Å²) in [6.07, 6.45) is -15.2. The number of nitrogens with one attached hydrogen (secondary N) is 7. The van der Waals surface area contributed by atoms with Crippen LogP contribution in [0.1, 0.15) is 166 Å². The van der Waals surface area contributed by atoms with Crippen LogP contribution in [0.5, 0.6) is 5.75 Å². The van der Waals surface area contributed by atoms with Crippen molar-refractivity contribution in [3.8, 4) is 5.75 Å². The van der Waals surface area contributed by atoms with Crippen LogP contribution in [0.15, 0.2) is 6.20 Å². The maximum Gasteiger partial charge on any atom is 0.505 e. The highest BCUT2D eigenvalue weighted by Crippen LogP contribution is 2.42. The minimum Gasteiger partial charge on any atom is -0.420 e. The number of ether oxygens (including phenoxy) is 8. The van der Waals surface area contributed by atoms with Crippen molar-refractivity contribution in [1.29, 1.82) is 0 Å². The zero-order valence-electron chi connectivity index (χ0n) is 71.1. The number of nitrogens with zero attached hydrogens (tertiary/aromatic N) is 3. The van der Waals surface area contributed by atoms with Gasteiger partial charge in [-0.25, -0.2) is 13.2 Å². The summed E-state index contributed by atoms with van der Waals surface area (Å²) in [5, 5.41) is 121. The molecule has 3 fully saturated rings. The molecule has 128 heavy (non-hydrogen) atoms. The van der Waals surface area contributed by atoms with Crippen molar-refractivity contribution in [3.05, 3.63) is 41.0 Å². The average molecular weight is 1910 g/mol. The van der Waals surface area contributed by atoms with E-state index in [1.54, 1.807) is 0 Å². The standard InChI is InChI=1S/C77H126F5N10O33P3/c78-61-62(79)64(81)75(65(82)63(61)80)125-60(100)16-2-1-6-31-92-43-49(90-91-92)17-18-59(99)89-77(46-120-37-21-58(98)88-30-12-27-85-55(95)15-5-9-34-123-76-74(109)73(108)68(103)50(124-76)22-38-126(110)111,44-118-35-19-56(96)86-28-10-25-83-53(93)13-3-7-32-121-51-41-47(23-39-127(112,113)114)66(101)71(106)69(51)104)45-119-36-20-57(97)87-29-11-26-84-54(94)14-4-8-33-122-52-42-48(24-40-128(115,116)117)67(102)72(107)70(52)105/h43,47-48,50-52,66-74,76,101-109H,1-42,44-46H2,(H11-,83,84,85,86,87,88,89,93,94,95,96,97,98,99,110,111,112,113,114,115,116,117)/p+1/t47-,48-,50+,51-,52-,66+,67+,68+,69+,70+,71-,72-,73-,74-,76-/m0/s1. The van der Waals surface area contributed by atoms with E-state index in [-0.39, 0.29) is 199 Å². The molecular formula is C77H127F5N10O33P3+. The first-order chi connectivity index (χ1) is 60.7. The molecule has 1 saturated heterocycles. The molecule has 2 aromatic rings. The first kappa shape index (κ1) is 112. The van der Waals surface area contributed by atoms with Crippen molar-refractivity contribution < 1.29 is 182 Å². The number of hydrogen-bond acceptors (Lipinski definition) is 30. The first-order valence-electron chi connectivity index (χ1n) is 42.8. The number of aliphatic hydroxyl groups excluding tert-OH is 9. The predicted octanol–water partition coefficient (Wildman–Crippen LogP) is -1.41. The van der Waals surface area contributed by atoms with Gasteiger partial charge in [0.1, 0.15) is 48.3 Å². The van der Waals surface area contributed by atoms with Gasteiger partial charge in [-0.1, -0.05) is 11.6 Å². The lowest BCUT2D eigenvalue weighted by Crippen LogP contribution is -2.59.